The normalized spacial score (nSPS) is 11.8. The van der Waals surface area contributed by atoms with Crippen molar-refractivity contribution in [3.05, 3.63) is 83.4 Å². The smallest absolute Gasteiger partial charge is 0.311 e. The Kier molecular flexibility index (Phi) is 7.01. The SMILES string of the molecule is Cc1ncccc1CN(c1ccc(N(C=O)Cc2ccc(C(F)(F)F)nc2)cc1)S(C)(=O)=O. The maximum absolute atomic E-state index is 12.7. The van der Waals surface area contributed by atoms with Crippen LogP contribution in [0.25, 0.3) is 0 Å². The van der Waals surface area contributed by atoms with Gasteiger partial charge in [-0.05, 0) is 54.4 Å². The number of pyridine rings is 2. The second-order valence-corrected chi connectivity index (χ2v) is 9.22. The average Bonchev–Trinajstić information content (AvgIpc) is 2.76. The fourth-order valence-corrected chi connectivity index (χ4v) is 4.00. The van der Waals surface area contributed by atoms with E-state index < -0.39 is 21.9 Å². The standard InChI is InChI=1S/C22H21F3N4O3S/c1-16-18(4-3-11-26-16)14-29(33(2,31)32)20-8-6-19(7-9-20)28(15-30)13-17-5-10-21(27-12-17)22(23,24)25/h3-12,15H,13-14H2,1-2H3. The van der Waals surface area contributed by atoms with Crippen LogP contribution in [-0.2, 0) is 34.1 Å². The molecular weight excluding hydrogens is 457 g/mol. The molecular formula is C22H21F3N4O3S. The molecule has 0 bridgehead atoms. The van der Waals surface area contributed by atoms with E-state index in [1.807, 2.05) is 0 Å². The number of alkyl halides is 3. The Hall–Kier alpha value is -3.47. The number of sulfonamides is 1. The number of anilines is 2. The zero-order valence-corrected chi connectivity index (χ0v) is 18.6. The lowest BCUT2D eigenvalue weighted by molar-refractivity contribution is -0.141. The summed E-state index contributed by atoms with van der Waals surface area (Å²) >= 11 is 0. The Morgan fingerprint density at radius 1 is 0.970 bits per heavy atom. The molecule has 0 atom stereocenters. The lowest BCUT2D eigenvalue weighted by atomic mass is 10.2. The summed E-state index contributed by atoms with van der Waals surface area (Å²) < 4.78 is 64.1. The Bertz CT molecular complexity index is 1210. The molecule has 1 amide bonds. The van der Waals surface area contributed by atoms with Crippen LogP contribution in [0.3, 0.4) is 0 Å². The molecule has 11 heteroatoms. The van der Waals surface area contributed by atoms with Crippen molar-refractivity contribution >= 4 is 27.8 Å². The summed E-state index contributed by atoms with van der Waals surface area (Å²) in [7, 11) is -3.61. The van der Waals surface area contributed by atoms with Gasteiger partial charge in [0.2, 0.25) is 16.4 Å². The Balaban J connectivity index is 1.81. The molecule has 3 aromatic rings. The minimum Gasteiger partial charge on any atom is -0.311 e. The van der Waals surface area contributed by atoms with Crippen LogP contribution in [0.1, 0.15) is 22.5 Å². The minimum absolute atomic E-state index is 0.00134. The molecule has 0 fully saturated rings. The number of carbonyl (C=O) groups excluding carboxylic acids is 1. The first-order chi connectivity index (χ1) is 15.5. The highest BCUT2D eigenvalue weighted by Crippen LogP contribution is 2.28. The van der Waals surface area contributed by atoms with Gasteiger partial charge in [0.25, 0.3) is 0 Å². The van der Waals surface area contributed by atoms with Crippen LogP contribution in [0.15, 0.2) is 60.9 Å². The van der Waals surface area contributed by atoms with Crippen molar-refractivity contribution in [2.24, 2.45) is 0 Å². The van der Waals surface area contributed by atoms with E-state index in [4.69, 9.17) is 0 Å². The number of amides is 1. The third-order valence-corrected chi connectivity index (χ3v) is 6.04. The number of hydrogen-bond donors (Lipinski definition) is 0. The monoisotopic (exact) mass is 478 g/mol. The quantitative estimate of drug-likeness (QED) is 0.458. The predicted octanol–water partition coefficient (Wildman–Crippen LogP) is 3.93. The summed E-state index contributed by atoms with van der Waals surface area (Å²) in [5, 5.41) is 0. The van der Waals surface area contributed by atoms with Gasteiger partial charge in [0.15, 0.2) is 0 Å². The van der Waals surface area contributed by atoms with Crippen LogP contribution >= 0.6 is 0 Å². The van der Waals surface area contributed by atoms with Crippen molar-refractivity contribution < 1.29 is 26.4 Å². The van der Waals surface area contributed by atoms with E-state index in [-0.39, 0.29) is 13.1 Å². The number of halogens is 3. The van der Waals surface area contributed by atoms with Crippen molar-refractivity contribution in [1.29, 1.82) is 0 Å². The number of benzene rings is 1. The second kappa shape index (κ2) is 9.57. The fourth-order valence-electron chi connectivity index (χ4n) is 3.12. The zero-order chi connectivity index (χ0) is 24.2. The summed E-state index contributed by atoms with van der Waals surface area (Å²) in [4.78, 5) is 20.5. The largest absolute Gasteiger partial charge is 0.433 e. The Morgan fingerprint density at radius 2 is 1.64 bits per heavy atom. The Morgan fingerprint density at radius 3 is 2.15 bits per heavy atom. The highest BCUT2D eigenvalue weighted by Gasteiger charge is 2.32. The molecule has 3 rings (SSSR count). The molecule has 0 saturated carbocycles. The molecule has 174 valence electrons. The van der Waals surface area contributed by atoms with Crippen LogP contribution in [0.4, 0.5) is 24.5 Å². The van der Waals surface area contributed by atoms with Crippen LogP contribution in [-0.4, -0.2) is 31.1 Å². The van der Waals surface area contributed by atoms with Crippen molar-refractivity contribution in [2.75, 3.05) is 15.5 Å². The van der Waals surface area contributed by atoms with Crippen LogP contribution < -0.4 is 9.21 Å². The number of nitrogens with zero attached hydrogens (tertiary/aromatic N) is 4. The fraction of sp³-hybridized carbons (Fsp3) is 0.227. The summed E-state index contributed by atoms with van der Waals surface area (Å²) in [6.45, 7) is 1.88. The van der Waals surface area contributed by atoms with Gasteiger partial charge < -0.3 is 4.90 Å². The predicted molar refractivity (Wildman–Crippen MR) is 118 cm³/mol. The molecule has 0 aliphatic rings. The van der Waals surface area contributed by atoms with Gasteiger partial charge in [0, 0.05) is 23.8 Å². The first-order valence-electron chi connectivity index (χ1n) is 9.71. The van der Waals surface area contributed by atoms with Crippen LogP contribution in [0.5, 0.6) is 0 Å². The summed E-state index contributed by atoms with van der Waals surface area (Å²) in [6, 6.07) is 11.9. The lowest BCUT2D eigenvalue weighted by Gasteiger charge is -2.24. The zero-order valence-electron chi connectivity index (χ0n) is 17.8. The highest BCUT2D eigenvalue weighted by atomic mass is 32.2. The number of aromatic nitrogens is 2. The molecule has 7 nitrogen and oxygen atoms in total. The summed E-state index contributed by atoms with van der Waals surface area (Å²) in [6.07, 6.45) is -0.214. The molecule has 33 heavy (non-hydrogen) atoms. The number of aryl methyl sites for hydroxylation is 1. The third kappa shape index (κ3) is 6.07. The topological polar surface area (TPSA) is 83.5 Å². The van der Waals surface area contributed by atoms with Gasteiger partial charge >= 0.3 is 6.18 Å². The molecule has 0 saturated heterocycles. The van der Waals surface area contributed by atoms with E-state index in [2.05, 4.69) is 9.97 Å². The molecule has 1 aromatic carbocycles. The summed E-state index contributed by atoms with van der Waals surface area (Å²) in [5.74, 6) is 0. The van der Waals surface area contributed by atoms with Gasteiger partial charge in [0.05, 0.1) is 25.0 Å². The third-order valence-electron chi connectivity index (χ3n) is 4.90. The van der Waals surface area contributed by atoms with Gasteiger partial charge in [-0.1, -0.05) is 12.1 Å². The van der Waals surface area contributed by atoms with Gasteiger partial charge in [-0.3, -0.25) is 19.1 Å². The van der Waals surface area contributed by atoms with E-state index in [1.54, 1.807) is 49.5 Å². The van der Waals surface area contributed by atoms with E-state index in [9.17, 15) is 26.4 Å². The van der Waals surface area contributed by atoms with E-state index in [0.717, 1.165) is 24.1 Å². The maximum atomic E-state index is 12.7. The number of rotatable bonds is 8. The highest BCUT2D eigenvalue weighted by molar-refractivity contribution is 7.92. The van der Waals surface area contributed by atoms with Gasteiger partial charge in [-0.25, -0.2) is 8.42 Å². The van der Waals surface area contributed by atoms with E-state index >= 15 is 0 Å². The number of carbonyl (C=O) groups is 1. The number of hydrogen-bond acceptors (Lipinski definition) is 5. The summed E-state index contributed by atoms with van der Waals surface area (Å²) in [5.41, 5.74) is 1.68. The molecule has 0 radical (unpaired) electrons. The molecule has 2 heterocycles. The van der Waals surface area contributed by atoms with Gasteiger partial charge in [0.1, 0.15) is 5.69 Å². The minimum atomic E-state index is -4.54. The van der Waals surface area contributed by atoms with Crippen LogP contribution in [0, 0.1) is 6.92 Å². The first-order valence-corrected chi connectivity index (χ1v) is 11.6. The Labute approximate surface area is 189 Å². The van der Waals surface area contributed by atoms with E-state index in [1.165, 1.54) is 15.3 Å². The van der Waals surface area contributed by atoms with Crippen LogP contribution in [0.2, 0.25) is 0 Å². The molecule has 0 spiro atoms. The first kappa shape index (κ1) is 24.2. The van der Waals surface area contributed by atoms with Gasteiger partial charge in [-0.2, -0.15) is 13.2 Å². The molecule has 0 aliphatic carbocycles. The molecule has 2 aromatic heterocycles. The van der Waals surface area contributed by atoms with Crippen molar-refractivity contribution in [1.82, 2.24) is 9.97 Å². The average molecular weight is 478 g/mol. The van der Waals surface area contributed by atoms with Crippen molar-refractivity contribution in [3.8, 4) is 0 Å². The second-order valence-electron chi connectivity index (χ2n) is 7.32. The van der Waals surface area contributed by atoms with Gasteiger partial charge in [-0.15, -0.1) is 0 Å². The molecule has 0 aliphatic heterocycles. The molecule has 0 unspecified atom stereocenters. The lowest BCUT2D eigenvalue weighted by Crippen LogP contribution is -2.29. The van der Waals surface area contributed by atoms with E-state index in [0.29, 0.717) is 29.0 Å². The van der Waals surface area contributed by atoms with Crippen molar-refractivity contribution in [2.45, 2.75) is 26.2 Å². The van der Waals surface area contributed by atoms with Crippen molar-refractivity contribution in [3.63, 3.8) is 0 Å². The molecule has 0 N–H and O–H groups in total. The maximum Gasteiger partial charge on any atom is 0.433 e.